The second-order valence-corrected chi connectivity index (χ2v) is 14.9. The predicted molar refractivity (Wildman–Crippen MR) is 136 cm³/mol. The molecule has 0 aliphatic rings. The summed E-state index contributed by atoms with van der Waals surface area (Å²) in [5.74, 6) is 0. The van der Waals surface area contributed by atoms with Crippen LogP contribution in [0.25, 0.3) is 22.0 Å². The molecule has 0 saturated carbocycles. The van der Waals surface area contributed by atoms with Crippen molar-refractivity contribution >= 4 is 30.8 Å². The quantitative estimate of drug-likeness (QED) is 0.232. The number of rotatable bonds is 6. The summed E-state index contributed by atoms with van der Waals surface area (Å²) in [5.41, 5.74) is 3.87. The van der Waals surface area contributed by atoms with Gasteiger partial charge >= 0.3 is 0 Å². The summed E-state index contributed by atoms with van der Waals surface area (Å²) in [6, 6.07) is 5.59. The van der Waals surface area contributed by atoms with Crippen LogP contribution in [-0.2, 0) is 11.5 Å². The van der Waals surface area contributed by atoms with Gasteiger partial charge in [-0.15, -0.1) is 6.58 Å². The van der Waals surface area contributed by atoms with Crippen molar-refractivity contribution in [3.63, 3.8) is 0 Å². The van der Waals surface area contributed by atoms with Gasteiger partial charge in [0.1, 0.15) is 5.15 Å². The zero-order valence-electron chi connectivity index (χ0n) is 20.0. The van der Waals surface area contributed by atoms with Crippen LogP contribution in [0.15, 0.2) is 48.0 Å². The number of fused-ring (bicyclic) bond motifs is 1. The van der Waals surface area contributed by atoms with Gasteiger partial charge in [0.05, 0.1) is 17.3 Å². The minimum atomic E-state index is -1.99. The third kappa shape index (κ3) is 4.72. The zero-order valence-corrected chi connectivity index (χ0v) is 21.7. The van der Waals surface area contributed by atoms with Crippen molar-refractivity contribution in [3.8, 4) is 11.1 Å². The molecular weight excluding hydrogens is 438 g/mol. The van der Waals surface area contributed by atoms with E-state index in [1.165, 1.54) is 0 Å². The van der Waals surface area contributed by atoms with Gasteiger partial charge < -0.3 is 8.99 Å². The Bertz CT molecular complexity index is 1230. The fraction of sp³-hybridized carbons (Fsp3) is 0.400. The molecule has 0 aromatic carbocycles. The van der Waals surface area contributed by atoms with E-state index in [9.17, 15) is 4.79 Å². The molecule has 3 aromatic heterocycles. The first-order chi connectivity index (χ1) is 14.9. The molecule has 1 unspecified atom stereocenters. The number of hydrogen-bond acceptors (Lipinski definition) is 4. The summed E-state index contributed by atoms with van der Waals surface area (Å²) >= 11 is 6.02. The fourth-order valence-electron chi connectivity index (χ4n) is 3.48. The highest BCUT2D eigenvalue weighted by Crippen LogP contribution is 2.40. The van der Waals surface area contributed by atoms with Gasteiger partial charge in [-0.05, 0) is 55.2 Å². The molecule has 0 amide bonds. The summed E-state index contributed by atoms with van der Waals surface area (Å²) in [6.07, 6.45) is 5.86. The van der Waals surface area contributed by atoms with E-state index in [0.29, 0.717) is 17.1 Å². The van der Waals surface area contributed by atoms with E-state index >= 15 is 0 Å². The Morgan fingerprint density at radius 2 is 1.88 bits per heavy atom. The summed E-state index contributed by atoms with van der Waals surface area (Å²) in [7, 11) is -0.249. The zero-order chi connectivity index (χ0) is 23.8. The third-order valence-corrected chi connectivity index (χ3v) is 11.1. The molecule has 3 rings (SSSR count). The van der Waals surface area contributed by atoms with Crippen molar-refractivity contribution in [2.45, 2.75) is 58.4 Å². The lowest BCUT2D eigenvalue weighted by atomic mass is 10.0. The molecule has 0 fully saturated rings. The molecule has 0 radical (unpaired) electrons. The van der Waals surface area contributed by atoms with Gasteiger partial charge in [0.15, 0.2) is 8.32 Å². The van der Waals surface area contributed by atoms with Crippen LogP contribution in [0.2, 0.25) is 23.3 Å². The molecule has 0 N–H and O–H groups in total. The summed E-state index contributed by atoms with van der Waals surface area (Å²) < 4.78 is 8.26. The standard InChI is InChI=1S/C25H32ClN3O2Si/c1-9-10-22(31-32(7,8)25(3,4)5)20-11-16(2)19(15-27-20)18-12-17-14-28-23(26)13-21(17)29(6)24(18)30/h9,11-15,22H,1,10H2,2-8H3. The molecule has 170 valence electrons. The lowest BCUT2D eigenvalue weighted by Crippen LogP contribution is -2.41. The van der Waals surface area contributed by atoms with Gasteiger partial charge in [-0.1, -0.05) is 38.4 Å². The second-order valence-electron chi connectivity index (χ2n) is 9.80. The molecule has 0 aliphatic carbocycles. The Labute approximate surface area is 196 Å². The van der Waals surface area contributed by atoms with Crippen LogP contribution in [0, 0.1) is 6.92 Å². The molecule has 1 atom stereocenters. The number of aryl methyl sites for hydroxylation is 2. The van der Waals surface area contributed by atoms with Gasteiger partial charge in [-0.2, -0.15) is 0 Å². The SMILES string of the molecule is C=CCC(O[Si](C)(C)C(C)(C)C)c1cc(C)c(-c2cc3cnc(Cl)cc3n(C)c2=O)cn1. The van der Waals surface area contributed by atoms with Crippen molar-refractivity contribution in [1.82, 2.24) is 14.5 Å². The Hall–Kier alpha value is -2.28. The van der Waals surface area contributed by atoms with Crippen LogP contribution in [0.3, 0.4) is 0 Å². The Balaban J connectivity index is 2.06. The average molecular weight is 470 g/mol. The molecule has 0 saturated heterocycles. The number of nitrogens with zero attached hydrogens (tertiary/aromatic N) is 3. The van der Waals surface area contributed by atoms with E-state index in [2.05, 4.69) is 45.4 Å². The Morgan fingerprint density at radius 3 is 2.47 bits per heavy atom. The summed E-state index contributed by atoms with van der Waals surface area (Å²) in [4.78, 5) is 22.0. The van der Waals surface area contributed by atoms with Crippen LogP contribution < -0.4 is 5.56 Å². The monoisotopic (exact) mass is 469 g/mol. The molecule has 32 heavy (non-hydrogen) atoms. The van der Waals surface area contributed by atoms with E-state index in [1.807, 2.05) is 25.1 Å². The van der Waals surface area contributed by atoms with Crippen LogP contribution >= 0.6 is 11.6 Å². The van der Waals surface area contributed by atoms with Gasteiger partial charge in [0, 0.05) is 36.0 Å². The minimum Gasteiger partial charge on any atom is -0.408 e. The molecule has 7 heteroatoms. The summed E-state index contributed by atoms with van der Waals surface area (Å²) in [5, 5.41) is 1.30. The van der Waals surface area contributed by atoms with Gasteiger partial charge in [-0.25, -0.2) is 4.98 Å². The van der Waals surface area contributed by atoms with Crippen molar-refractivity contribution in [2.24, 2.45) is 7.05 Å². The highest BCUT2D eigenvalue weighted by atomic mass is 35.5. The van der Waals surface area contributed by atoms with Gasteiger partial charge in [0.2, 0.25) is 0 Å². The van der Waals surface area contributed by atoms with Crippen molar-refractivity contribution in [2.75, 3.05) is 0 Å². The molecule has 0 bridgehead atoms. The second kappa shape index (κ2) is 8.93. The molecule has 3 heterocycles. The maximum Gasteiger partial charge on any atom is 0.258 e. The maximum absolute atomic E-state index is 13.1. The van der Waals surface area contributed by atoms with Gasteiger partial charge in [0.25, 0.3) is 5.56 Å². The number of pyridine rings is 3. The van der Waals surface area contributed by atoms with Crippen molar-refractivity contribution < 1.29 is 4.43 Å². The largest absolute Gasteiger partial charge is 0.408 e. The van der Waals surface area contributed by atoms with Crippen LogP contribution in [0.5, 0.6) is 0 Å². The summed E-state index contributed by atoms with van der Waals surface area (Å²) in [6.45, 7) is 17.1. The molecule has 0 aliphatic heterocycles. The average Bonchev–Trinajstić information content (AvgIpc) is 2.70. The minimum absolute atomic E-state index is 0.0929. The number of halogens is 1. The highest BCUT2D eigenvalue weighted by molar-refractivity contribution is 6.74. The first kappa shape index (κ1) is 24.4. The number of hydrogen-bond donors (Lipinski definition) is 0. The molecular formula is C25H32ClN3O2Si. The van der Waals surface area contributed by atoms with E-state index in [1.54, 1.807) is 30.1 Å². The van der Waals surface area contributed by atoms with Crippen molar-refractivity contribution in [3.05, 3.63) is 70.0 Å². The highest BCUT2D eigenvalue weighted by Gasteiger charge is 2.39. The lowest BCUT2D eigenvalue weighted by Gasteiger charge is -2.39. The van der Waals surface area contributed by atoms with Gasteiger partial charge in [-0.3, -0.25) is 9.78 Å². The van der Waals surface area contributed by atoms with E-state index in [0.717, 1.165) is 27.7 Å². The first-order valence-corrected chi connectivity index (χ1v) is 14.1. The molecule has 5 nitrogen and oxygen atoms in total. The Kier molecular flexibility index (Phi) is 6.79. The van der Waals surface area contributed by atoms with Crippen LogP contribution in [-0.4, -0.2) is 22.9 Å². The third-order valence-electron chi connectivity index (χ3n) is 6.45. The van der Waals surface area contributed by atoms with Crippen molar-refractivity contribution in [1.29, 1.82) is 0 Å². The molecule has 0 spiro atoms. The van der Waals surface area contributed by atoms with E-state index < -0.39 is 8.32 Å². The Morgan fingerprint density at radius 1 is 1.19 bits per heavy atom. The number of aromatic nitrogens is 3. The predicted octanol–water partition coefficient (Wildman–Crippen LogP) is 6.60. The van der Waals surface area contributed by atoms with Crippen LogP contribution in [0.1, 0.15) is 44.6 Å². The first-order valence-electron chi connectivity index (χ1n) is 10.8. The topological polar surface area (TPSA) is 57.0 Å². The van der Waals surface area contributed by atoms with E-state index in [-0.39, 0.29) is 16.7 Å². The van der Waals surface area contributed by atoms with E-state index in [4.69, 9.17) is 21.0 Å². The fourth-order valence-corrected chi connectivity index (χ4v) is 4.92. The molecule has 3 aromatic rings. The maximum atomic E-state index is 13.1. The normalized spacial score (nSPS) is 13.4. The van der Waals surface area contributed by atoms with Crippen LogP contribution in [0.4, 0.5) is 0 Å². The lowest BCUT2D eigenvalue weighted by molar-refractivity contribution is 0.182. The smallest absolute Gasteiger partial charge is 0.258 e.